The molecule has 1 aromatic heterocycles. The highest BCUT2D eigenvalue weighted by Gasteiger charge is 2.46. The van der Waals surface area contributed by atoms with Gasteiger partial charge in [-0.15, -0.1) is 0 Å². The third-order valence-electron chi connectivity index (χ3n) is 11.9. The molecule has 1 aliphatic rings. The lowest BCUT2D eigenvalue weighted by Gasteiger charge is -2.35. The molecule has 2 nitrogen and oxygen atoms in total. The zero-order valence-corrected chi connectivity index (χ0v) is 31.1. The number of nitrogens with zero attached hydrogens (tertiary/aromatic N) is 2. The third-order valence-corrected chi connectivity index (χ3v) is 11.9. The van der Waals surface area contributed by atoms with Crippen molar-refractivity contribution in [3.63, 3.8) is 0 Å². The predicted molar refractivity (Wildman–Crippen MR) is 235 cm³/mol. The normalized spacial score (nSPS) is 12.9. The number of fused-ring (bicyclic) bond motifs is 7. The van der Waals surface area contributed by atoms with Crippen LogP contribution in [0.15, 0.2) is 212 Å². The van der Waals surface area contributed by atoms with Crippen molar-refractivity contribution in [2.24, 2.45) is 0 Å². The number of benzene rings is 9. The van der Waals surface area contributed by atoms with E-state index in [-0.39, 0.29) is 0 Å². The van der Waals surface area contributed by atoms with Crippen LogP contribution in [0, 0.1) is 6.92 Å². The Balaban J connectivity index is 1.21. The molecule has 56 heavy (non-hydrogen) atoms. The van der Waals surface area contributed by atoms with Crippen LogP contribution < -0.4 is 4.90 Å². The second kappa shape index (κ2) is 12.7. The summed E-state index contributed by atoms with van der Waals surface area (Å²) in [5.41, 5.74) is 15.3. The van der Waals surface area contributed by atoms with Crippen LogP contribution in [0.3, 0.4) is 0 Å². The maximum absolute atomic E-state index is 2.46. The van der Waals surface area contributed by atoms with Crippen molar-refractivity contribution in [1.82, 2.24) is 4.57 Å². The molecule has 0 N–H and O–H groups in total. The molecule has 0 fully saturated rings. The smallest absolute Gasteiger partial charge is 0.0714 e. The number of hydrogen-bond acceptors (Lipinski definition) is 1. The lowest BCUT2D eigenvalue weighted by atomic mass is 9.67. The van der Waals surface area contributed by atoms with Crippen molar-refractivity contribution in [3.05, 3.63) is 240 Å². The minimum atomic E-state index is -0.499. The molecule has 1 aliphatic carbocycles. The van der Waals surface area contributed by atoms with Crippen LogP contribution in [0.25, 0.3) is 49.4 Å². The van der Waals surface area contributed by atoms with Crippen molar-refractivity contribution < 1.29 is 0 Å². The minimum Gasteiger partial charge on any atom is -0.310 e. The van der Waals surface area contributed by atoms with E-state index < -0.39 is 5.41 Å². The summed E-state index contributed by atoms with van der Waals surface area (Å²) in [6.07, 6.45) is 0. The maximum atomic E-state index is 2.46. The second-order valence-electron chi connectivity index (χ2n) is 15.0. The SMILES string of the molecule is Cc1ccc2c3ccc(N(c4ccc5c(c4)C(c4ccccc4)(c4ccccc4)c4ccccc4-5)c4ccc5ccccc5c4)cc3n(-c3ccccc3)c2c1. The van der Waals surface area contributed by atoms with Crippen LogP contribution in [0.4, 0.5) is 17.1 Å². The predicted octanol–water partition coefficient (Wildman–Crippen LogP) is 14.1. The summed E-state index contributed by atoms with van der Waals surface area (Å²) in [7, 11) is 0. The summed E-state index contributed by atoms with van der Waals surface area (Å²) < 4.78 is 2.43. The topological polar surface area (TPSA) is 8.17 Å². The van der Waals surface area contributed by atoms with Gasteiger partial charge in [-0.3, -0.25) is 0 Å². The van der Waals surface area contributed by atoms with Gasteiger partial charge in [0.1, 0.15) is 0 Å². The molecule has 0 atom stereocenters. The van der Waals surface area contributed by atoms with Crippen molar-refractivity contribution in [2.75, 3.05) is 4.90 Å². The molecule has 264 valence electrons. The number of para-hydroxylation sites is 1. The van der Waals surface area contributed by atoms with E-state index in [0.29, 0.717) is 0 Å². The molecule has 0 bridgehead atoms. The van der Waals surface area contributed by atoms with E-state index >= 15 is 0 Å². The molecule has 0 saturated carbocycles. The van der Waals surface area contributed by atoms with Crippen LogP contribution in [-0.4, -0.2) is 4.57 Å². The van der Waals surface area contributed by atoms with E-state index in [0.717, 1.165) is 22.7 Å². The van der Waals surface area contributed by atoms with Gasteiger partial charge in [0.15, 0.2) is 0 Å². The second-order valence-corrected chi connectivity index (χ2v) is 15.0. The molecule has 2 heteroatoms. The largest absolute Gasteiger partial charge is 0.310 e. The standard InChI is InChI=1S/C54H38N2/c1-37-25-30-48-49-32-29-45(36-53(49)56(52(48)33-37)42-21-9-4-10-22-42)55(43-27-26-38-15-11-12-16-39(38)34-43)44-28-31-47-46-23-13-14-24-50(46)54(51(47)35-44,40-17-5-2-6-18-40)41-19-7-3-8-20-41/h2-36H,1H3. The zero-order valence-electron chi connectivity index (χ0n) is 31.1. The van der Waals surface area contributed by atoms with Crippen molar-refractivity contribution in [3.8, 4) is 16.8 Å². The maximum Gasteiger partial charge on any atom is 0.0714 e. The fourth-order valence-electron chi connectivity index (χ4n) is 9.45. The van der Waals surface area contributed by atoms with Gasteiger partial charge in [0, 0.05) is 33.5 Å². The number of anilines is 3. The first kappa shape index (κ1) is 32.3. The molecule has 1 heterocycles. The van der Waals surface area contributed by atoms with Gasteiger partial charge in [-0.25, -0.2) is 0 Å². The van der Waals surface area contributed by atoms with E-state index in [9.17, 15) is 0 Å². The average molecular weight is 715 g/mol. The van der Waals surface area contributed by atoms with Crippen LogP contribution in [0.2, 0.25) is 0 Å². The summed E-state index contributed by atoms with van der Waals surface area (Å²) in [5.74, 6) is 0. The lowest BCUT2D eigenvalue weighted by molar-refractivity contribution is 0.768. The first-order chi connectivity index (χ1) is 27.7. The third kappa shape index (κ3) is 4.82. The lowest BCUT2D eigenvalue weighted by Crippen LogP contribution is -2.28. The Labute approximate surface area is 327 Å². The Morgan fingerprint density at radius 1 is 0.393 bits per heavy atom. The molecule has 10 aromatic rings. The van der Waals surface area contributed by atoms with E-state index in [1.54, 1.807) is 0 Å². The molecule has 0 amide bonds. The number of aryl methyl sites for hydroxylation is 1. The van der Waals surface area contributed by atoms with Gasteiger partial charge >= 0.3 is 0 Å². The molecule has 0 unspecified atom stereocenters. The Kier molecular flexibility index (Phi) is 7.33. The molecular formula is C54H38N2. The zero-order chi connectivity index (χ0) is 37.2. The van der Waals surface area contributed by atoms with Gasteiger partial charge in [-0.05, 0) is 111 Å². The number of hydrogen-bond donors (Lipinski definition) is 0. The van der Waals surface area contributed by atoms with Gasteiger partial charge < -0.3 is 9.47 Å². The van der Waals surface area contributed by atoms with E-state index in [1.807, 2.05) is 0 Å². The van der Waals surface area contributed by atoms with Gasteiger partial charge in [0.25, 0.3) is 0 Å². The molecule has 0 spiro atoms. The van der Waals surface area contributed by atoms with Crippen LogP contribution in [0.1, 0.15) is 27.8 Å². The first-order valence-electron chi connectivity index (χ1n) is 19.4. The first-order valence-corrected chi connectivity index (χ1v) is 19.4. The highest BCUT2D eigenvalue weighted by atomic mass is 15.1. The highest BCUT2D eigenvalue weighted by molar-refractivity contribution is 6.10. The summed E-state index contributed by atoms with van der Waals surface area (Å²) in [6, 6.07) is 78.3. The molecule has 0 radical (unpaired) electrons. The monoisotopic (exact) mass is 714 g/mol. The Morgan fingerprint density at radius 2 is 0.929 bits per heavy atom. The molecule has 11 rings (SSSR count). The van der Waals surface area contributed by atoms with Crippen molar-refractivity contribution in [2.45, 2.75) is 12.3 Å². The summed E-state index contributed by atoms with van der Waals surface area (Å²) >= 11 is 0. The van der Waals surface area contributed by atoms with Crippen LogP contribution in [-0.2, 0) is 5.41 Å². The number of rotatable bonds is 6. The summed E-state index contributed by atoms with van der Waals surface area (Å²) in [4.78, 5) is 2.45. The van der Waals surface area contributed by atoms with E-state index in [2.05, 4.69) is 229 Å². The molecule has 0 aliphatic heterocycles. The summed E-state index contributed by atoms with van der Waals surface area (Å²) in [5, 5.41) is 4.93. The van der Waals surface area contributed by atoms with Gasteiger partial charge in [0.2, 0.25) is 0 Å². The van der Waals surface area contributed by atoms with Gasteiger partial charge in [-0.2, -0.15) is 0 Å². The van der Waals surface area contributed by atoms with Crippen LogP contribution in [0.5, 0.6) is 0 Å². The fraction of sp³-hybridized carbons (Fsp3) is 0.0370. The van der Waals surface area contributed by atoms with Crippen molar-refractivity contribution >= 4 is 49.6 Å². The van der Waals surface area contributed by atoms with E-state index in [1.165, 1.54) is 71.5 Å². The Hall–Kier alpha value is -7.16. The average Bonchev–Trinajstić information content (AvgIpc) is 3.74. The Bertz CT molecular complexity index is 3050. The Morgan fingerprint density at radius 3 is 1.68 bits per heavy atom. The quantitative estimate of drug-likeness (QED) is 0.166. The molecule has 9 aromatic carbocycles. The van der Waals surface area contributed by atoms with Crippen molar-refractivity contribution in [1.29, 1.82) is 0 Å². The van der Waals surface area contributed by atoms with Gasteiger partial charge in [-0.1, -0.05) is 158 Å². The number of aromatic nitrogens is 1. The highest BCUT2D eigenvalue weighted by Crippen LogP contribution is 2.57. The fourth-order valence-corrected chi connectivity index (χ4v) is 9.45. The molecule has 0 saturated heterocycles. The summed E-state index contributed by atoms with van der Waals surface area (Å²) in [6.45, 7) is 2.18. The molecular weight excluding hydrogens is 677 g/mol. The van der Waals surface area contributed by atoms with Gasteiger partial charge in [0.05, 0.1) is 16.4 Å². The minimum absolute atomic E-state index is 0.499. The van der Waals surface area contributed by atoms with Crippen LogP contribution >= 0.6 is 0 Å². The van der Waals surface area contributed by atoms with E-state index in [4.69, 9.17) is 0 Å².